The predicted octanol–water partition coefficient (Wildman–Crippen LogP) is 3.26. The van der Waals surface area contributed by atoms with E-state index in [1.807, 2.05) is 0 Å². The van der Waals surface area contributed by atoms with E-state index in [9.17, 15) is 13.2 Å². The van der Waals surface area contributed by atoms with E-state index in [1.165, 1.54) is 13.2 Å². The Morgan fingerprint density at radius 1 is 1.24 bits per heavy atom. The summed E-state index contributed by atoms with van der Waals surface area (Å²) >= 11 is 6.16. The van der Waals surface area contributed by atoms with Gasteiger partial charge >= 0.3 is 0 Å². The molecule has 0 unspecified atom stereocenters. The molecule has 0 aromatic heterocycles. The number of carbonyl (C=O) groups excluding carboxylic acids is 1. The summed E-state index contributed by atoms with van der Waals surface area (Å²) in [5, 5.41) is 2.98. The number of nitrogens with one attached hydrogen (secondary N) is 1. The zero-order valence-electron chi connectivity index (χ0n) is 16.1. The molecule has 0 aliphatic carbocycles. The summed E-state index contributed by atoms with van der Waals surface area (Å²) in [6.45, 7) is 1.84. The number of fused-ring (bicyclic) bond motifs is 1. The normalized spacial score (nSPS) is 13.7. The molecule has 1 atom stereocenters. The fourth-order valence-electron chi connectivity index (χ4n) is 3.05. The van der Waals surface area contributed by atoms with Gasteiger partial charge in [-0.1, -0.05) is 18.5 Å². The Balaban J connectivity index is 1.91. The Morgan fingerprint density at radius 2 is 1.97 bits per heavy atom. The van der Waals surface area contributed by atoms with Crippen LogP contribution in [0.5, 0.6) is 17.2 Å². The van der Waals surface area contributed by atoms with Gasteiger partial charge in [-0.3, -0.25) is 9.10 Å². The highest BCUT2D eigenvalue weighted by Crippen LogP contribution is 2.35. The number of methoxy groups -OCH3 is 1. The van der Waals surface area contributed by atoms with Gasteiger partial charge in [0.1, 0.15) is 11.8 Å². The molecule has 2 aromatic rings. The number of amides is 1. The first kappa shape index (κ1) is 21.1. The quantitative estimate of drug-likeness (QED) is 0.710. The number of anilines is 2. The van der Waals surface area contributed by atoms with Crippen molar-refractivity contribution in [3.63, 3.8) is 0 Å². The first-order chi connectivity index (χ1) is 13.7. The van der Waals surface area contributed by atoms with Crippen LogP contribution in [0.4, 0.5) is 11.4 Å². The van der Waals surface area contributed by atoms with Crippen molar-refractivity contribution in [3.05, 3.63) is 41.4 Å². The van der Waals surface area contributed by atoms with Gasteiger partial charge in [-0.05, 0) is 36.8 Å². The molecule has 3 rings (SSSR count). The number of carbonyl (C=O) groups is 1. The molecule has 8 nitrogen and oxygen atoms in total. The minimum Gasteiger partial charge on any atom is -0.495 e. The second-order valence-corrected chi connectivity index (χ2v) is 8.63. The highest BCUT2D eigenvalue weighted by Gasteiger charge is 2.32. The SMILES string of the molecule is CC[C@H](C(=O)Nc1ccc2c(c1)OCO2)N(c1ccc(OC)c(Cl)c1)S(C)(=O)=O. The van der Waals surface area contributed by atoms with Gasteiger partial charge in [0.05, 0.1) is 24.1 Å². The Hall–Kier alpha value is -2.65. The van der Waals surface area contributed by atoms with Gasteiger partial charge in [-0.2, -0.15) is 0 Å². The van der Waals surface area contributed by atoms with Crippen molar-refractivity contribution in [2.75, 3.05) is 29.8 Å². The van der Waals surface area contributed by atoms with Gasteiger partial charge in [0.15, 0.2) is 11.5 Å². The topological polar surface area (TPSA) is 94.2 Å². The van der Waals surface area contributed by atoms with Crippen LogP contribution < -0.4 is 23.8 Å². The van der Waals surface area contributed by atoms with Crippen LogP contribution in [0.15, 0.2) is 36.4 Å². The van der Waals surface area contributed by atoms with E-state index in [-0.39, 0.29) is 23.9 Å². The molecule has 0 radical (unpaired) electrons. The van der Waals surface area contributed by atoms with Gasteiger partial charge in [0.25, 0.3) is 0 Å². The summed E-state index contributed by atoms with van der Waals surface area (Å²) < 4.78 is 41.8. The van der Waals surface area contributed by atoms with Crippen LogP contribution in [0.3, 0.4) is 0 Å². The number of benzene rings is 2. The molecular weight excluding hydrogens is 420 g/mol. The summed E-state index contributed by atoms with van der Waals surface area (Å²) in [6, 6.07) is 8.53. The van der Waals surface area contributed by atoms with Gasteiger partial charge in [0.2, 0.25) is 22.7 Å². The average molecular weight is 441 g/mol. The molecule has 1 heterocycles. The summed E-state index contributed by atoms with van der Waals surface area (Å²) in [4.78, 5) is 13.0. The van der Waals surface area contributed by atoms with E-state index in [0.717, 1.165) is 10.6 Å². The number of hydrogen-bond acceptors (Lipinski definition) is 6. The number of nitrogens with zero attached hydrogens (tertiary/aromatic N) is 1. The maximum absolute atomic E-state index is 13.0. The Bertz CT molecular complexity index is 1030. The number of halogens is 1. The van der Waals surface area contributed by atoms with Crippen LogP contribution in [-0.2, 0) is 14.8 Å². The molecule has 2 aromatic carbocycles. The average Bonchev–Trinajstić information content (AvgIpc) is 3.12. The van der Waals surface area contributed by atoms with E-state index in [0.29, 0.717) is 22.9 Å². The minimum atomic E-state index is -3.78. The van der Waals surface area contributed by atoms with E-state index in [4.69, 9.17) is 25.8 Å². The number of hydrogen-bond donors (Lipinski definition) is 1. The Kier molecular flexibility index (Phi) is 6.09. The molecule has 10 heteroatoms. The lowest BCUT2D eigenvalue weighted by Crippen LogP contribution is -2.47. The summed E-state index contributed by atoms with van der Waals surface area (Å²) in [7, 11) is -2.32. The number of ether oxygens (including phenoxy) is 3. The third-order valence-electron chi connectivity index (χ3n) is 4.36. The highest BCUT2D eigenvalue weighted by molar-refractivity contribution is 7.92. The lowest BCUT2D eigenvalue weighted by molar-refractivity contribution is -0.117. The van der Waals surface area contributed by atoms with Gasteiger partial charge in [0, 0.05) is 11.8 Å². The third-order valence-corrected chi connectivity index (χ3v) is 5.83. The van der Waals surface area contributed by atoms with Gasteiger partial charge < -0.3 is 19.5 Å². The molecule has 0 bridgehead atoms. The van der Waals surface area contributed by atoms with E-state index < -0.39 is 22.0 Å². The second kappa shape index (κ2) is 8.38. The number of sulfonamides is 1. The third kappa shape index (κ3) is 4.51. The largest absolute Gasteiger partial charge is 0.495 e. The van der Waals surface area contributed by atoms with Gasteiger partial charge in [-0.25, -0.2) is 8.42 Å². The summed E-state index contributed by atoms with van der Waals surface area (Å²) in [5.41, 5.74) is 0.741. The smallest absolute Gasteiger partial charge is 0.248 e. The molecule has 1 aliphatic heterocycles. The summed E-state index contributed by atoms with van der Waals surface area (Å²) in [5.74, 6) is 1.02. The molecule has 0 fully saturated rings. The lowest BCUT2D eigenvalue weighted by atomic mass is 10.1. The monoisotopic (exact) mass is 440 g/mol. The molecular formula is C19H21ClN2O6S. The van der Waals surface area contributed by atoms with Crippen molar-refractivity contribution in [2.45, 2.75) is 19.4 Å². The molecule has 1 amide bonds. The molecule has 0 spiro atoms. The van der Waals surface area contributed by atoms with E-state index >= 15 is 0 Å². The second-order valence-electron chi connectivity index (χ2n) is 6.36. The Labute approximate surface area is 174 Å². The molecule has 1 aliphatic rings. The maximum atomic E-state index is 13.0. The van der Waals surface area contributed by atoms with Crippen LogP contribution in [0.2, 0.25) is 5.02 Å². The standard InChI is InChI=1S/C19H21ClN2O6S/c1-4-15(19(23)21-12-5-7-17-18(9-12)28-11-27-17)22(29(3,24)25)13-6-8-16(26-2)14(20)10-13/h5-10,15H,4,11H2,1-3H3,(H,21,23)/t15-/m1/s1. The zero-order valence-corrected chi connectivity index (χ0v) is 17.7. The van der Waals surface area contributed by atoms with Crippen molar-refractivity contribution >= 4 is 38.9 Å². The molecule has 29 heavy (non-hydrogen) atoms. The van der Waals surface area contributed by atoms with Crippen LogP contribution in [-0.4, -0.2) is 40.5 Å². The molecule has 0 saturated carbocycles. The summed E-state index contributed by atoms with van der Waals surface area (Å²) in [6.07, 6.45) is 1.29. The van der Waals surface area contributed by atoms with Crippen molar-refractivity contribution in [3.8, 4) is 17.2 Å². The van der Waals surface area contributed by atoms with Crippen molar-refractivity contribution in [2.24, 2.45) is 0 Å². The van der Waals surface area contributed by atoms with Crippen LogP contribution in [0.25, 0.3) is 0 Å². The molecule has 0 saturated heterocycles. The van der Waals surface area contributed by atoms with Crippen LogP contribution >= 0.6 is 11.6 Å². The van der Waals surface area contributed by atoms with Crippen molar-refractivity contribution in [1.82, 2.24) is 0 Å². The predicted molar refractivity (Wildman–Crippen MR) is 111 cm³/mol. The molecule has 1 N–H and O–H groups in total. The van der Waals surface area contributed by atoms with Crippen molar-refractivity contribution < 1.29 is 27.4 Å². The minimum absolute atomic E-state index is 0.115. The van der Waals surface area contributed by atoms with Crippen molar-refractivity contribution in [1.29, 1.82) is 0 Å². The Morgan fingerprint density at radius 3 is 2.59 bits per heavy atom. The van der Waals surface area contributed by atoms with E-state index in [2.05, 4.69) is 5.32 Å². The lowest BCUT2D eigenvalue weighted by Gasteiger charge is -2.30. The van der Waals surface area contributed by atoms with E-state index in [1.54, 1.807) is 37.3 Å². The fraction of sp³-hybridized carbons (Fsp3) is 0.316. The maximum Gasteiger partial charge on any atom is 0.248 e. The first-order valence-electron chi connectivity index (χ1n) is 8.78. The first-order valence-corrected chi connectivity index (χ1v) is 11.0. The molecule has 156 valence electrons. The number of rotatable bonds is 7. The van der Waals surface area contributed by atoms with Crippen LogP contribution in [0.1, 0.15) is 13.3 Å². The van der Waals surface area contributed by atoms with Gasteiger partial charge in [-0.15, -0.1) is 0 Å². The zero-order chi connectivity index (χ0) is 21.2. The highest BCUT2D eigenvalue weighted by atomic mass is 35.5. The van der Waals surface area contributed by atoms with Crippen LogP contribution in [0, 0.1) is 0 Å². The fourth-order valence-corrected chi connectivity index (χ4v) is 4.51.